The fourth-order valence-electron chi connectivity index (χ4n) is 4.83. The van der Waals surface area contributed by atoms with Crippen molar-refractivity contribution in [3.8, 4) is 11.5 Å². The SMILES string of the molecule is C=CC1CCCN(C)C1Cc1ccc(O)c2c1CC(=CCNC(=O)c1cccc(C(=O)O)c1)O2. The molecule has 0 saturated carbocycles. The van der Waals surface area contributed by atoms with Crippen molar-refractivity contribution in [2.75, 3.05) is 20.1 Å². The molecule has 0 radical (unpaired) electrons. The first-order chi connectivity index (χ1) is 16.4. The molecule has 2 heterocycles. The van der Waals surface area contributed by atoms with E-state index < -0.39 is 5.97 Å². The van der Waals surface area contributed by atoms with Crippen LogP contribution >= 0.6 is 0 Å². The number of aromatic carboxylic acids is 1. The molecule has 2 aliphatic heterocycles. The van der Waals surface area contributed by atoms with Gasteiger partial charge in [0, 0.05) is 30.1 Å². The number of likely N-dealkylation sites (N-methyl/N-ethyl adjacent to an activating group) is 1. The van der Waals surface area contributed by atoms with Gasteiger partial charge in [-0.05, 0) is 74.7 Å². The van der Waals surface area contributed by atoms with Crippen LogP contribution in [0.3, 0.4) is 0 Å². The van der Waals surface area contributed by atoms with E-state index in [0.29, 0.717) is 29.9 Å². The second-order valence-electron chi connectivity index (χ2n) is 8.89. The maximum Gasteiger partial charge on any atom is 0.335 e. The zero-order valence-electron chi connectivity index (χ0n) is 19.3. The molecule has 2 aliphatic rings. The van der Waals surface area contributed by atoms with Crippen molar-refractivity contribution in [2.24, 2.45) is 5.92 Å². The second-order valence-corrected chi connectivity index (χ2v) is 8.89. The lowest BCUT2D eigenvalue weighted by Gasteiger charge is -2.38. The van der Waals surface area contributed by atoms with Crippen LogP contribution in [0.1, 0.15) is 44.7 Å². The summed E-state index contributed by atoms with van der Waals surface area (Å²) in [5.74, 6) is 0.231. The molecule has 0 spiro atoms. The number of hydrogen-bond acceptors (Lipinski definition) is 5. The maximum atomic E-state index is 12.4. The minimum absolute atomic E-state index is 0.0610. The first kappa shape index (κ1) is 23.6. The number of amides is 1. The van der Waals surface area contributed by atoms with E-state index in [0.717, 1.165) is 30.5 Å². The number of ether oxygens (including phenoxy) is 1. The number of phenolic OH excluding ortho intramolecular Hbond substituents is 1. The molecule has 34 heavy (non-hydrogen) atoms. The third kappa shape index (κ3) is 4.99. The van der Waals surface area contributed by atoms with E-state index in [1.165, 1.54) is 18.6 Å². The van der Waals surface area contributed by atoms with Gasteiger partial charge in [-0.25, -0.2) is 4.79 Å². The van der Waals surface area contributed by atoms with Gasteiger partial charge in [0.15, 0.2) is 11.5 Å². The molecule has 2 aromatic rings. The molecule has 0 aromatic heterocycles. The number of allylic oxidation sites excluding steroid dienone is 1. The number of rotatable bonds is 7. The molecule has 2 atom stereocenters. The lowest BCUT2D eigenvalue weighted by molar-refractivity contribution is 0.0697. The largest absolute Gasteiger partial charge is 0.504 e. The Balaban J connectivity index is 1.44. The molecule has 1 saturated heterocycles. The monoisotopic (exact) mass is 462 g/mol. The van der Waals surface area contributed by atoms with Gasteiger partial charge in [0.25, 0.3) is 5.91 Å². The Morgan fingerprint density at radius 2 is 2.06 bits per heavy atom. The highest BCUT2D eigenvalue weighted by Gasteiger charge is 2.30. The molecule has 2 unspecified atom stereocenters. The molecular weight excluding hydrogens is 432 g/mol. The van der Waals surface area contributed by atoms with Crippen LogP contribution in [0.4, 0.5) is 0 Å². The predicted molar refractivity (Wildman–Crippen MR) is 129 cm³/mol. The summed E-state index contributed by atoms with van der Waals surface area (Å²) in [7, 11) is 2.15. The van der Waals surface area contributed by atoms with Crippen LogP contribution in [0.5, 0.6) is 11.5 Å². The van der Waals surface area contributed by atoms with Crippen LogP contribution in [0, 0.1) is 5.92 Å². The minimum Gasteiger partial charge on any atom is -0.504 e. The summed E-state index contributed by atoms with van der Waals surface area (Å²) in [6, 6.07) is 9.90. The average Bonchev–Trinajstić information content (AvgIpc) is 3.27. The number of benzene rings is 2. The van der Waals surface area contributed by atoms with Gasteiger partial charge in [0.05, 0.1) is 5.56 Å². The number of piperidine rings is 1. The number of carbonyl (C=O) groups excluding carboxylic acids is 1. The molecule has 0 bridgehead atoms. The standard InChI is InChI=1S/C27H30N2O5/c1-3-17-8-5-13-29(2)23(17)15-18-9-10-24(30)25-22(18)16-21(34-25)11-12-28-26(31)19-6-4-7-20(14-19)27(32)33/h3-4,6-7,9-11,14,17,23,30H,1,5,8,12-13,15-16H2,2H3,(H,28,31)(H,32,33). The average molecular weight is 463 g/mol. The van der Waals surface area contributed by atoms with Gasteiger partial charge in [-0.15, -0.1) is 6.58 Å². The van der Waals surface area contributed by atoms with Crippen LogP contribution in [0.2, 0.25) is 0 Å². The van der Waals surface area contributed by atoms with Crippen LogP contribution in [0.25, 0.3) is 0 Å². The van der Waals surface area contributed by atoms with Crippen LogP contribution < -0.4 is 10.1 Å². The maximum absolute atomic E-state index is 12.4. The number of likely N-dealkylation sites (tertiary alicyclic amines) is 1. The van der Waals surface area contributed by atoms with Gasteiger partial charge in [-0.3, -0.25) is 4.79 Å². The molecule has 178 valence electrons. The minimum atomic E-state index is -1.08. The number of carboxylic acid groups (broad SMARTS) is 1. The normalized spacial score (nSPS) is 21.0. The summed E-state index contributed by atoms with van der Waals surface area (Å²) in [6.07, 6.45) is 7.52. The number of carbonyl (C=O) groups is 2. The van der Waals surface area contributed by atoms with Gasteiger partial charge in [0.2, 0.25) is 0 Å². The van der Waals surface area contributed by atoms with E-state index >= 15 is 0 Å². The van der Waals surface area contributed by atoms with E-state index in [9.17, 15) is 14.7 Å². The quantitative estimate of drug-likeness (QED) is 0.542. The van der Waals surface area contributed by atoms with Crippen molar-refractivity contribution in [3.63, 3.8) is 0 Å². The Morgan fingerprint density at radius 3 is 2.82 bits per heavy atom. The lowest BCUT2D eigenvalue weighted by Crippen LogP contribution is -2.43. The molecule has 2 aromatic carbocycles. The Hall–Kier alpha value is -3.58. The Kier molecular flexibility index (Phi) is 7.03. The molecule has 7 heteroatoms. The smallest absolute Gasteiger partial charge is 0.335 e. The summed E-state index contributed by atoms with van der Waals surface area (Å²) in [5, 5.41) is 22.2. The number of nitrogens with one attached hydrogen (secondary N) is 1. The highest BCUT2D eigenvalue weighted by atomic mass is 16.5. The zero-order chi connectivity index (χ0) is 24.2. The van der Waals surface area contributed by atoms with Gasteiger partial charge < -0.3 is 25.2 Å². The van der Waals surface area contributed by atoms with Gasteiger partial charge in [-0.2, -0.15) is 0 Å². The summed E-state index contributed by atoms with van der Waals surface area (Å²) in [5.41, 5.74) is 2.47. The summed E-state index contributed by atoms with van der Waals surface area (Å²) >= 11 is 0. The second kappa shape index (κ2) is 10.1. The molecule has 3 N–H and O–H groups in total. The Labute approximate surface area is 199 Å². The first-order valence-electron chi connectivity index (χ1n) is 11.5. The van der Waals surface area contributed by atoms with Crippen molar-refractivity contribution >= 4 is 11.9 Å². The van der Waals surface area contributed by atoms with E-state index in [1.807, 2.05) is 6.07 Å². The Bertz CT molecular complexity index is 1140. The third-order valence-corrected chi connectivity index (χ3v) is 6.73. The molecule has 1 amide bonds. The van der Waals surface area contributed by atoms with E-state index in [-0.39, 0.29) is 29.3 Å². The van der Waals surface area contributed by atoms with Gasteiger partial charge in [0.1, 0.15) is 5.76 Å². The number of carboxylic acids is 1. The number of hydrogen-bond donors (Lipinski definition) is 3. The summed E-state index contributed by atoms with van der Waals surface area (Å²) < 4.78 is 5.93. The highest BCUT2D eigenvalue weighted by Crippen LogP contribution is 2.42. The first-order valence-corrected chi connectivity index (χ1v) is 11.5. The molecule has 4 rings (SSSR count). The lowest BCUT2D eigenvalue weighted by atomic mass is 9.84. The van der Waals surface area contributed by atoms with Crippen LogP contribution in [-0.2, 0) is 12.8 Å². The third-order valence-electron chi connectivity index (χ3n) is 6.73. The fraction of sp³-hybridized carbons (Fsp3) is 0.333. The van der Waals surface area contributed by atoms with Crippen molar-refractivity contribution in [3.05, 3.63) is 83.1 Å². The molecule has 1 fully saturated rings. The van der Waals surface area contributed by atoms with E-state index in [2.05, 4.69) is 29.9 Å². The van der Waals surface area contributed by atoms with Crippen LogP contribution in [-0.4, -0.2) is 53.2 Å². The molecule has 7 nitrogen and oxygen atoms in total. The van der Waals surface area contributed by atoms with Gasteiger partial charge in [-0.1, -0.05) is 18.2 Å². The number of aromatic hydroxyl groups is 1. The highest BCUT2D eigenvalue weighted by molar-refractivity contribution is 5.97. The molecular formula is C27H30N2O5. The summed E-state index contributed by atoms with van der Waals surface area (Å²) in [4.78, 5) is 25.9. The Morgan fingerprint density at radius 1 is 1.26 bits per heavy atom. The van der Waals surface area contributed by atoms with E-state index in [4.69, 9.17) is 9.84 Å². The fourth-order valence-corrected chi connectivity index (χ4v) is 4.83. The number of phenols is 1. The zero-order valence-corrected chi connectivity index (χ0v) is 19.3. The van der Waals surface area contributed by atoms with E-state index in [1.54, 1.807) is 24.3 Å². The van der Waals surface area contributed by atoms with Gasteiger partial charge >= 0.3 is 5.97 Å². The van der Waals surface area contributed by atoms with Crippen molar-refractivity contribution in [1.29, 1.82) is 0 Å². The molecule has 0 aliphatic carbocycles. The predicted octanol–water partition coefficient (Wildman–Crippen LogP) is 3.78. The van der Waals surface area contributed by atoms with Crippen molar-refractivity contribution in [1.82, 2.24) is 10.2 Å². The topological polar surface area (TPSA) is 99.1 Å². The van der Waals surface area contributed by atoms with Crippen molar-refractivity contribution < 1.29 is 24.5 Å². The summed E-state index contributed by atoms with van der Waals surface area (Å²) in [6.45, 7) is 5.31. The number of nitrogens with zero attached hydrogens (tertiary/aromatic N) is 1. The van der Waals surface area contributed by atoms with Crippen molar-refractivity contribution in [2.45, 2.75) is 31.7 Å². The van der Waals surface area contributed by atoms with Crippen LogP contribution in [0.15, 0.2) is 60.9 Å². The number of fused-ring (bicyclic) bond motifs is 1.